The van der Waals surface area contributed by atoms with Gasteiger partial charge in [-0.25, -0.2) is 0 Å². The highest BCUT2D eigenvalue weighted by atomic mass is 16.7. The van der Waals surface area contributed by atoms with Crippen molar-refractivity contribution in [3.05, 3.63) is 52.8 Å². The Hall–Kier alpha value is -5.12. The fourth-order valence-corrected chi connectivity index (χ4v) is 7.76. The fraction of sp³-hybridized carbons (Fsp3) is 0.545. The summed E-state index contributed by atoms with van der Waals surface area (Å²) in [5, 5.41) is 66.9. The van der Waals surface area contributed by atoms with E-state index in [0.29, 0.717) is 13.1 Å². The van der Waals surface area contributed by atoms with Crippen molar-refractivity contribution in [3.8, 4) is 23.0 Å². The molecule has 5 rings (SSSR count). The lowest BCUT2D eigenvalue weighted by molar-refractivity contribution is -0.160. The number of aliphatic hydroxyl groups excluding tert-OH is 2. The van der Waals surface area contributed by atoms with E-state index in [-0.39, 0.29) is 44.5 Å². The van der Waals surface area contributed by atoms with Gasteiger partial charge in [0.15, 0.2) is 5.75 Å². The second-order valence-electron chi connectivity index (χ2n) is 15.8. The number of fused-ring (bicyclic) bond motifs is 14. The topological polar surface area (TPSA) is 217 Å². The largest absolute Gasteiger partial charge is 0.507 e. The zero-order valence-electron chi connectivity index (χ0n) is 35.9. The van der Waals surface area contributed by atoms with E-state index in [4.69, 9.17) is 18.9 Å². The number of Topliss-reactive ketones (excluding diaryl/α,β-unsaturated/α-hetero) is 1. The van der Waals surface area contributed by atoms with E-state index in [1.165, 1.54) is 59.4 Å². The van der Waals surface area contributed by atoms with E-state index >= 15 is 0 Å². The van der Waals surface area contributed by atoms with Crippen LogP contribution in [0.15, 0.2) is 41.2 Å². The number of aromatic hydroxyl groups is 3. The third kappa shape index (κ3) is 9.53. The van der Waals surface area contributed by atoms with Gasteiger partial charge >= 0.3 is 11.8 Å². The van der Waals surface area contributed by atoms with Crippen LogP contribution in [-0.4, -0.2) is 105 Å². The number of nitrogens with one attached hydrogen (secondary N) is 1. The predicted octanol–water partition coefficient (Wildman–Crippen LogP) is 6.21. The number of amides is 1. The molecule has 0 saturated heterocycles. The van der Waals surface area contributed by atoms with Gasteiger partial charge in [0, 0.05) is 74.2 Å². The van der Waals surface area contributed by atoms with Crippen molar-refractivity contribution in [1.82, 2.24) is 5.01 Å². The molecule has 0 fully saturated rings. The third-order valence-corrected chi connectivity index (χ3v) is 11.3. The summed E-state index contributed by atoms with van der Waals surface area (Å²) in [5.74, 6) is -8.35. The summed E-state index contributed by atoms with van der Waals surface area (Å²) < 4.78 is 23.6. The molecule has 9 atom stereocenters. The first kappa shape index (κ1) is 46.6. The number of carbonyl (C=O) groups excluding carboxylic acids is 3. The zero-order valence-corrected chi connectivity index (χ0v) is 35.9. The van der Waals surface area contributed by atoms with Gasteiger partial charge in [0.2, 0.25) is 0 Å². The van der Waals surface area contributed by atoms with Gasteiger partial charge < -0.3 is 49.8 Å². The number of ketones is 1. The minimum absolute atomic E-state index is 0.0556. The Morgan fingerprint density at radius 1 is 0.949 bits per heavy atom. The number of hydrazone groups is 1. The molecule has 6 N–H and O–H groups in total. The summed E-state index contributed by atoms with van der Waals surface area (Å²) in [6.07, 6.45) is 6.38. The Morgan fingerprint density at radius 3 is 2.19 bits per heavy atom. The highest BCUT2D eigenvalue weighted by Gasteiger charge is 2.50. The van der Waals surface area contributed by atoms with E-state index in [0.717, 1.165) is 12.8 Å². The van der Waals surface area contributed by atoms with E-state index in [1.807, 2.05) is 13.8 Å². The van der Waals surface area contributed by atoms with Crippen molar-refractivity contribution in [1.29, 1.82) is 0 Å². The molecule has 15 heteroatoms. The molecule has 0 saturated carbocycles. The number of aliphatic hydroxyl groups is 2. The predicted molar refractivity (Wildman–Crippen MR) is 224 cm³/mol. The average molecular weight is 824 g/mol. The standard InChI is InChI=1S/C44H61N3O12/c1-12-18-47(19-13-2)45-21-29-34-39(53)32-31(38(29)52)33-41(27(8)37(32)51)59-44(10,42(33)54)57-20-17-30(56-11)24(5)40(58-28(9)48)26(7)36(50)25(6)35(49)22(3)15-14-16-23(4)43(55)46-34/h14-17,20-22,24-26,30,35-36,40,49-53H,12-13,18-19H2,1-11H3,(H,46,55)/t22-,24+,25-,26-,30+,35-,36-,40+,44+/m1/s1. The number of carbonyl (C=O) groups is 3. The van der Waals surface area contributed by atoms with Gasteiger partial charge in [-0.15, -0.1) is 0 Å². The van der Waals surface area contributed by atoms with Crippen LogP contribution in [0.4, 0.5) is 5.69 Å². The molecule has 0 unspecified atom stereocenters. The maximum Gasteiger partial charge on any atom is 0.312 e. The first-order valence-electron chi connectivity index (χ1n) is 20.1. The van der Waals surface area contributed by atoms with Crippen molar-refractivity contribution >= 4 is 40.3 Å². The number of hydrogen-bond donors (Lipinski definition) is 6. The number of phenols is 3. The highest BCUT2D eigenvalue weighted by molar-refractivity contribution is 6.23. The zero-order chi connectivity index (χ0) is 44.1. The van der Waals surface area contributed by atoms with Crippen LogP contribution in [0, 0.1) is 30.6 Å². The van der Waals surface area contributed by atoms with E-state index in [2.05, 4.69) is 10.4 Å². The molecule has 15 nitrogen and oxygen atoms in total. The maximum atomic E-state index is 14.4. The van der Waals surface area contributed by atoms with Gasteiger partial charge in [-0.3, -0.25) is 19.4 Å². The number of anilines is 1. The lowest BCUT2D eigenvalue weighted by atomic mass is 9.78. The van der Waals surface area contributed by atoms with E-state index < -0.39 is 88.8 Å². The lowest BCUT2D eigenvalue weighted by Crippen LogP contribution is -2.46. The van der Waals surface area contributed by atoms with Gasteiger partial charge in [-0.1, -0.05) is 59.8 Å². The van der Waals surface area contributed by atoms with E-state index in [1.54, 1.807) is 44.9 Å². The number of methoxy groups -OCH3 is 1. The molecule has 1 amide bonds. The Morgan fingerprint density at radius 2 is 1.59 bits per heavy atom. The third-order valence-electron chi connectivity index (χ3n) is 11.3. The smallest absolute Gasteiger partial charge is 0.312 e. The molecule has 0 aliphatic carbocycles. The summed E-state index contributed by atoms with van der Waals surface area (Å²) in [5.41, 5.74) is -0.354. The van der Waals surface area contributed by atoms with Crippen LogP contribution in [0.1, 0.15) is 96.6 Å². The number of nitrogens with zero attached hydrogens (tertiary/aromatic N) is 2. The van der Waals surface area contributed by atoms with Crippen LogP contribution in [-0.2, 0) is 23.8 Å². The summed E-state index contributed by atoms with van der Waals surface area (Å²) in [4.78, 5) is 40.5. The van der Waals surface area contributed by atoms with Crippen molar-refractivity contribution < 1.29 is 58.9 Å². The number of rotatable bonds is 8. The summed E-state index contributed by atoms with van der Waals surface area (Å²) in [7, 11) is 1.44. The quantitative estimate of drug-likeness (QED) is 0.0575. The van der Waals surface area contributed by atoms with Crippen LogP contribution >= 0.6 is 0 Å². The van der Waals surface area contributed by atoms with Gasteiger partial charge in [0.25, 0.3) is 11.7 Å². The fourth-order valence-electron chi connectivity index (χ4n) is 7.76. The average Bonchev–Trinajstić information content (AvgIpc) is 3.46. The molecule has 2 aromatic carbocycles. The van der Waals surface area contributed by atoms with Crippen LogP contribution in [0.3, 0.4) is 0 Å². The molecule has 324 valence electrons. The number of esters is 1. The monoisotopic (exact) mass is 823 g/mol. The van der Waals surface area contributed by atoms with Crippen molar-refractivity contribution in [3.63, 3.8) is 0 Å². The normalized spacial score (nSPS) is 28.1. The summed E-state index contributed by atoms with van der Waals surface area (Å²) in [6, 6.07) is 0. The SMILES string of the molecule is CCCN(CCC)N=Cc1c2c(O)c3c(O)c(C)c4c(c3c1O)C(=O)[C@@](C)(OC=C[C@H](OC)[C@H](C)[C@H](OC(C)=O)[C@H](C)[C@H](O)[C@H](C)[C@H](O)[C@H](C)C=CC=C(C)C(=O)N2)O4. The first-order chi connectivity index (χ1) is 27.8. The number of ether oxygens (including phenoxy) is 4. The van der Waals surface area contributed by atoms with Crippen molar-refractivity contribution in [2.24, 2.45) is 28.8 Å². The molecule has 0 radical (unpaired) electrons. The summed E-state index contributed by atoms with van der Waals surface area (Å²) in [6.45, 7) is 17.6. The maximum absolute atomic E-state index is 14.4. The van der Waals surface area contributed by atoms with Crippen LogP contribution in [0.2, 0.25) is 0 Å². The Balaban J connectivity index is 2.00. The molecule has 3 heterocycles. The second kappa shape index (κ2) is 19.3. The Kier molecular flexibility index (Phi) is 15.2. The molecular weight excluding hydrogens is 762 g/mol. The van der Waals surface area contributed by atoms with Gasteiger partial charge in [0.05, 0.1) is 53.0 Å². The first-order valence-corrected chi connectivity index (χ1v) is 20.1. The number of phenolic OH excluding ortho intramolecular Hbond substituents is 3. The Labute approximate surface area is 346 Å². The van der Waals surface area contributed by atoms with Crippen LogP contribution in [0.25, 0.3) is 10.8 Å². The number of hydrogen-bond acceptors (Lipinski definition) is 14. The van der Waals surface area contributed by atoms with Crippen LogP contribution < -0.4 is 10.1 Å². The lowest BCUT2D eigenvalue weighted by Gasteiger charge is -2.38. The van der Waals surface area contributed by atoms with Gasteiger partial charge in [0.1, 0.15) is 23.4 Å². The molecular formula is C44H61N3O12. The minimum Gasteiger partial charge on any atom is -0.507 e. The van der Waals surface area contributed by atoms with Crippen LogP contribution in [0.5, 0.6) is 23.0 Å². The minimum atomic E-state index is -2.04. The molecule has 5 bridgehead atoms. The van der Waals surface area contributed by atoms with E-state index in [9.17, 15) is 39.9 Å². The van der Waals surface area contributed by atoms with Crippen molar-refractivity contribution in [2.75, 3.05) is 25.5 Å². The number of benzene rings is 2. The highest BCUT2D eigenvalue weighted by Crippen LogP contribution is 2.55. The van der Waals surface area contributed by atoms with Gasteiger partial charge in [-0.05, 0) is 32.8 Å². The van der Waals surface area contributed by atoms with Crippen molar-refractivity contribution in [2.45, 2.75) is 112 Å². The molecule has 59 heavy (non-hydrogen) atoms. The molecule has 3 aliphatic rings. The molecule has 0 aromatic heterocycles. The molecule has 3 aliphatic heterocycles. The summed E-state index contributed by atoms with van der Waals surface area (Å²) >= 11 is 0. The molecule has 2 aromatic rings. The number of allylic oxidation sites excluding steroid dienone is 2. The Bertz CT molecular complexity index is 2020. The second-order valence-corrected chi connectivity index (χ2v) is 15.8. The van der Waals surface area contributed by atoms with Gasteiger partial charge in [-0.2, -0.15) is 5.10 Å². The molecule has 0 spiro atoms.